The first-order valence-electron chi connectivity index (χ1n) is 3.86. The predicted octanol–water partition coefficient (Wildman–Crippen LogP) is 0.328. The van der Waals surface area contributed by atoms with Crippen LogP contribution in [-0.4, -0.2) is 34.5 Å². The van der Waals surface area contributed by atoms with Crippen LogP contribution in [0.1, 0.15) is 20.8 Å². The average molecular weight is 171 g/mol. The van der Waals surface area contributed by atoms with Crippen LogP contribution in [-0.2, 0) is 9.59 Å². The van der Waals surface area contributed by atoms with Gasteiger partial charge in [-0.25, -0.2) is 4.79 Å². The molecule has 0 aliphatic carbocycles. The summed E-state index contributed by atoms with van der Waals surface area (Å²) in [5.74, 6) is -1.08. The number of rotatable bonds is 1. The van der Waals surface area contributed by atoms with Gasteiger partial charge in [0.15, 0.2) is 0 Å². The lowest BCUT2D eigenvalue weighted by Crippen LogP contribution is -2.66. The molecule has 1 fully saturated rings. The molecule has 4 nitrogen and oxygen atoms in total. The molecule has 0 radical (unpaired) electrons. The molecule has 0 bridgehead atoms. The number of amides is 1. The second-order valence-corrected chi connectivity index (χ2v) is 3.88. The molecule has 4 heteroatoms. The zero-order valence-corrected chi connectivity index (χ0v) is 7.50. The third-order valence-electron chi connectivity index (χ3n) is 2.27. The number of nitrogens with zero attached hydrogens (tertiary/aromatic N) is 1. The van der Waals surface area contributed by atoms with E-state index < -0.39 is 12.0 Å². The highest BCUT2D eigenvalue weighted by molar-refractivity contribution is 5.85. The van der Waals surface area contributed by atoms with Crippen LogP contribution in [0.15, 0.2) is 0 Å². The zero-order valence-electron chi connectivity index (χ0n) is 7.50. The number of carbonyl (C=O) groups excluding carboxylic acids is 1. The molecule has 1 atom stereocenters. The summed E-state index contributed by atoms with van der Waals surface area (Å²) >= 11 is 0. The van der Waals surface area contributed by atoms with E-state index in [4.69, 9.17) is 5.11 Å². The Morgan fingerprint density at radius 1 is 1.50 bits per heavy atom. The van der Waals surface area contributed by atoms with Gasteiger partial charge in [0.2, 0.25) is 5.91 Å². The fraction of sp³-hybridized carbons (Fsp3) is 0.750. The number of carbonyl (C=O) groups is 2. The summed E-state index contributed by atoms with van der Waals surface area (Å²) in [6, 6.07) is -0.644. The van der Waals surface area contributed by atoms with Crippen LogP contribution in [0.2, 0.25) is 0 Å². The monoisotopic (exact) mass is 171 g/mol. The highest BCUT2D eigenvalue weighted by Gasteiger charge is 2.51. The lowest BCUT2D eigenvalue weighted by molar-refractivity contribution is -0.170. The van der Waals surface area contributed by atoms with Crippen LogP contribution in [0, 0.1) is 5.41 Å². The number of carboxylic acids is 1. The smallest absolute Gasteiger partial charge is 0.327 e. The van der Waals surface area contributed by atoms with Gasteiger partial charge in [-0.1, -0.05) is 13.8 Å². The standard InChI is InChI=1S/C8H13NO3/c1-5(10)9-4-8(2,3)6(9)7(11)12/h6H,4H2,1-3H3,(H,11,12). The Hall–Kier alpha value is -1.06. The molecular formula is C8H13NO3. The molecule has 0 aromatic carbocycles. The fourth-order valence-corrected chi connectivity index (χ4v) is 1.69. The second kappa shape index (κ2) is 2.47. The van der Waals surface area contributed by atoms with Gasteiger partial charge >= 0.3 is 5.97 Å². The Balaban J connectivity index is 2.76. The summed E-state index contributed by atoms with van der Waals surface area (Å²) in [6.07, 6.45) is 0. The second-order valence-electron chi connectivity index (χ2n) is 3.88. The summed E-state index contributed by atoms with van der Waals surface area (Å²) < 4.78 is 0. The average Bonchev–Trinajstić information content (AvgIpc) is 1.81. The maximum atomic E-state index is 10.9. The molecule has 0 aromatic heterocycles. The van der Waals surface area contributed by atoms with Crippen LogP contribution in [0.4, 0.5) is 0 Å². The van der Waals surface area contributed by atoms with Gasteiger partial charge in [-0.15, -0.1) is 0 Å². The van der Waals surface area contributed by atoms with E-state index >= 15 is 0 Å². The number of likely N-dealkylation sites (tertiary alicyclic amines) is 1. The number of hydrogen-bond donors (Lipinski definition) is 1. The first-order valence-corrected chi connectivity index (χ1v) is 3.86. The molecule has 1 unspecified atom stereocenters. The van der Waals surface area contributed by atoms with E-state index in [2.05, 4.69) is 0 Å². The van der Waals surface area contributed by atoms with Gasteiger partial charge in [-0.3, -0.25) is 4.79 Å². The van der Waals surface area contributed by atoms with Gasteiger partial charge < -0.3 is 10.0 Å². The molecule has 1 aliphatic heterocycles. The molecule has 0 aromatic rings. The van der Waals surface area contributed by atoms with Crippen molar-refractivity contribution in [2.24, 2.45) is 5.41 Å². The van der Waals surface area contributed by atoms with Gasteiger partial charge in [0.1, 0.15) is 6.04 Å². The highest BCUT2D eigenvalue weighted by atomic mass is 16.4. The molecule has 1 amide bonds. The molecule has 68 valence electrons. The molecule has 1 rings (SSSR count). The van der Waals surface area contributed by atoms with Crippen LogP contribution in [0.25, 0.3) is 0 Å². The van der Waals surface area contributed by atoms with E-state index in [0.717, 1.165) is 0 Å². The van der Waals surface area contributed by atoms with Crippen LogP contribution >= 0.6 is 0 Å². The Labute approximate surface area is 71.2 Å². The maximum Gasteiger partial charge on any atom is 0.327 e. The summed E-state index contributed by atoms with van der Waals surface area (Å²) in [6.45, 7) is 5.64. The van der Waals surface area contributed by atoms with Crippen molar-refractivity contribution in [1.82, 2.24) is 4.90 Å². The number of aliphatic carboxylic acids is 1. The highest BCUT2D eigenvalue weighted by Crippen LogP contribution is 2.36. The lowest BCUT2D eigenvalue weighted by Gasteiger charge is -2.51. The van der Waals surface area contributed by atoms with Gasteiger partial charge in [-0.2, -0.15) is 0 Å². The minimum absolute atomic E-state index is 0.165. The van der Waals surface area contributed by atoms with E-state index in [9.17, 15) is 9.59 Å². The Morgan fingerprint density at radius 2 is 2.00 bits per heavy atom. The topological polar surface area (TPSA) is 57.6 Å². The third kappa shape index (κ3) is 1.17. The lowest BCUT2D eigenvalue weighted by atomic mass is 9.75. The summed E-state index contributed by atoms with van der Waals surface area (Å²) in [5.41, 5.74) is -0.280. The van der Waals surface area contributed by atoms with Crippen LogP contribution < -0.4 is 0 Å². The summed E-state index contributed by atoms with van der Waals surface area (Å²) in [7, 11) is 0. The van der Waals surface area contributed by atoms with Crippen molar-refractivity contribution in [1.29, 1.82) is 0 Å². The maximum absolute atomic E-state index is 10.9. The minimum Gasteiger partial charge on any atom is -0.480 e. The largest absolute Gasteiger partial charge is 0.480 e. The SMILES string of the molecule is CC(=O)N1CC(C)(C)C1C(=O)O. The van der Waals surface area contributed by atoms with Gasteiger partial charge in [-0.05, 0) is 0 Å². The van der Waals surface area contributed by atoms with Crippen molar-refractivity contribution in [2.75, 3.05) is 6.54 Å². The van der Waals surface area contributed by atoms with E-state index in [-0.39, 0.29) is 11.3 Å². The van der Waals surface area contributed by atoms with E-state index in [1.54, 1.807) is 0 Å². The third-order valence-corrected chi connectivity index (χ3v) is 2.27. The van der Waals surface area contributed by atoms with Crippen molar-refractivity contribution in [3.05, 3.63) is 0 Å². The molecule has 1 heterocycles. The Bertz CT molecular complexity index is 234. The van der Waals surface area contributed by atoms with Crippen molar-refractivity contribution >= 4 is 11.9 Å². The van der Waals surface area contributed by atoms with E-state index in [1.807, 2.05) is 13.8 Å². The van der Waals surface area contributed by atoms with Gasteiger partial charge in [0.05, 0.1) is 0 Å². The Morgan fingerprint density at radius 3 is 2.17 bits per heavy atom. The first-order chi connectivity index (χ1) is 5.36. The normalized spacial score (nSPS) is 26.2. The molecular weight excluding hydrogens is 158 g/mol. The van der Waals surface area contributed by atoms with Crippen LogP contribution in [0.3, 0.4) is 0 Å². The van der Waals surface area contributed by atoms with Crippen molar-refractivity contribution in [3.63, 3.8) is 0 Å². The van der Waals surface area contributed by atoms with E-state index in [1.165, 1.54) is 11.8 Å². The molecule has 1 N–H and O–H groups in total. The minimum atomic E-state index is -0.915. The molecule has 12 heavy (non-hydrogen) atoms. The zero-order chi connectivity index (χ0) is 9.52. The van der Waals surface area contributed by atoms with Crippen LogP contribution in [0.5, 0.6) is 0 Å². The molecule has 0 saturated carbocycles. The summed E-state index contributed by atoms with van der Waals surface area (Å²) in [5, 5.41) is 8.79. The molecule has 1 saturated heterocycles. The molecule has 0 spiro atoms. The first kappa shape index (κ1) is 9.03. The predicted molar refractivity (Wildman–Crippen MR) is 42.6 cm³/mol. The van der Waals surface area contributed by atoms with Gasteiger partial charge in [0, 0.05) is 18.9 Å². The van der Waals surface area contributed by atoms with Gasteiger partial charge in [0.25, 0.3) is 0 Å². The summed E-state index contributed by atoms with van der Waals surface area (Å²) in [4.78, 5) is 23.0. The molecule has 1 aliphatic rings. The quantitative estimate of drug-likeness (QED) is 0.618. The number of hydrogen-bond acceptors (Lipinski definition) is 2. The van der Waals surface area contributed by atoms with E-state index in [0.29, 0.717) is 6.54 Å². The van der Waals surface area contributed by atoms with Crippen molar-refractivity contribution in [2.45, 2.75) is 26.8 Å². The fourth-order valence-electron chi connectivity index (χ4n) is 1.69. The number of carboxylic acid groups (broad SMARTS) is 1. The van der Waals surface area contributed by atoms with Crippen molar-refractivity contribution in [3.8, 4) is 0 Å². The van der Waals surface area contributed by atoms with Crippen molar-refractivity contribution < 1.29 is 14.7 Å². The Kier molecular flexibility index (Phi) is 1.86.